The zero-order valence-corrected chi connectivity index (χ0v) is 34.8. The van der Waals surface area contributed by atoms with E-state index in [1.54, 1.807) is 0 Å². The van der Waals surface area contributed by atoms with Crippen LogP contribution in [0.3, 0.4) is 0 Å². The minimum Gasteiger partial charge on any atom is -0.214 e. The van der Waals surface area contributed by atoms with Crippen LogP contribution in [-0.2, 0) is 42.7 Å². The van der Waals surface area contributed by atoms with E-state index in [4.69, 9.17) is 69.6 Å². The predicted molar refractivity (Wildman–Crippen MR) is 211 cm³/mol. The van der Waals surface area contributed by atoms with E-state index in [2.05, 4.69) is 84.0 Å². The van der Waals surface area contributed by atoms with Crippen LogP contribution in [0, 0.1) is 0 Å². The largest absolute Gasteiger partial charge is 0.214 e. The molecule has 0 heterocycles. The smallest absolute Gasteiger partial charge is 0.172 e. The number of hydrogen-bond acceptors (Lipinski definition) is 0. The van der Waals surface area contributed by atoms with Gasteiger partial charge < -0.3 is 0 Å². The summed E-state index contributed by atoms with van der Waals surface area (Å²) in [6.45, 7) is 13.6. The van der Waals surface area contributed by atoms with Gasteiger partial charge in [-0.25, -0.2) is 12.1 Å². The number of fused-ring (bicyclic) bond motifs is 3. The zero-order valence-electron chi connectivity index (χ0n) is 27.8. The molecule has 0 aliphatic rings. The summed E-state index contributed by atoms with van der Waals surface area (Å²) in [5, 5.41) is 5.48. The first-order chi connectivity index (χ1) is 22.2. The number of rotatable bonds is 2. The maximum Gasteiger partial charge on any atom is -0.172 e. The SMILES string of the molecule is CC(C)(C)c1ccc2c(c1)[cH-]c1cc(C(C)(C)C)ccc12.ClC(Cl)(Cl)c1ccc([C](=[Zr+2])c2ccc(C(Cl)(Cl)Cl)cc2)cc1.c1cc[cH-]c1. The Bertz CT molecular complexity index is 1800. The van der Waals surface area contributed by atoms with Crippen molar-refractivity contribution in [1.29, 1.82) is 0 Å². The predicted octanol–water partition coefficient (Wildman–Crippen LogP) is 14.2. The van der Waals surface area contributed by atoms with Crippen molar-refractivity contribution in [2.45, 2.75) is 60.0 Å². The zero-order chi connectivity index (χ0) is 35.5. The molecular formula is C41H38Cl6Zr. The molecule has 0 saturated carbocycles. The Balaban J connectivity index is 0.000000189. The Labute approximate surface area is 330 Å². The fourth-order valence-corrected chi connectivity index (χ4v) is 6.67. The molecule has 0 aliphatic carbocycles. The fraction of sp³-hybridized carbons (Fsp3) is 0.244. The minimum atomic E-state index is -1.41. The van der Waals surface area contributed by atoms with Gasteiger partial charge in [0.2, 0.25) is 0 Å². The van der Waals surface area contributed by atoms with Crippen molar-refractivity contribution in [3.8, 4) is 0 Å². The molecule has 0 saturated heterocycles. The molecule has 0 amide bonds. The van der Waals surface area contributed by atoms with Crippen LogP contribution >= 0.6 is 69.6 Å². The molecule has 0 nitrogen and oxygen atoms in total. The standard InChI is InChI=1S/C21H25.C15H8Cl6.C5H5.Zr/c1-20(2,3)16-7-9-18-14(12-16)11-15-13-17(21(4,5)6)8-10-19(15)18;16-14(17,18)12-5-1-10(2-6-12)9-11-3-7-13(8-4-11)15(19,20)21;1-2-4-5-3-1;/h7-13H,1-6H3;1-8H;1-5H;/q-1;;-1;+2. The van der Waals surface area contributed by atoms with Crippen molar-refractivity contribution >= 4 is 94.4 Å². The van der Waals surface area contributed by atoms with Crippen LogP contribution in [0.2, 0.25) is 0 Å². The molecule has 248 valence electrons. The van der Waals surface area contributed by atoms with Gasteiger partial charge >= 0.3 is 175 Å². The average molecular weight is 835 g/mol. The van der Waals surface area contributed by atoms with Crippen molar-refractivity contribution in [1.82, 2.24) is 0 Å². The van der Waals surface area contributed by atoms with Crippen LogP contribution in [0.25, 0.3) is 21.5 Å². The first-order valence-electron chi connectivity index (χ1n) is 15.5. The van der Waals surface area contributed by atoms with Gasteiger partial charge in [-0.15, -0.1) is 39.7 Å². The van der Waals surface area contributed by atoms with E-state index in [0.29, 0.717) is 11.1 Å². The number of halogens is 6. The second-order valence-electron chi connectivity index (χ2n) is 13.7. The molecule has 7 heteroatoms. The summed E-state index contributed by atoms with van der Waals surface area (Å²) in [5.74, 6) is 0. The van der Waals surface area contributed by atoms with Crippen LogP contribution in [0.4, 0.5) is 0 Å². The van der Waals surface area contributed by atoms with Gasteiger partial charge in [-0.2, -0.15) is 18.2 Å². The minimum absolute atomic E-state index is 0.203. The molecule has 0 spiro atoms. The van der Waals surface area contributed by atoms with Crippen molar-refractivity contribution in [3.63, 3.8) is 0 Å². The van der Waals surface area contributed by atoms with Gasteiger partial charge in [-0.3, -0.25) is 0 Å². The van der Waals surface area contributed by atoms with Crippen LogP contribution in [0.5, 0.6) is 0 Å². The number of hydrogen-bond donors (Lipinski definition) is 0. The van der Waals surface area contributed by atoms with E-state index in [0.717, 1.165) is 11.1 Å². The summed E-state index contributed by atoms with van der Waals surface area (Å²) in [6.07, 6.45) is 0. The van der Waals surface area contributed by atoms with Gasteiger partial charge in [0.25, 0.3) is 0 Å². The molecule has 0 fully saturated rings. The van der Waals surface area contributed by atoms with E-state index >= 15 is 0 Å². The maximum atomic E-state index is 5.86. The molecule has 6 aromatic rings. The Morgan fingerprint density at radius 1 is 0.500 bits per heavy atom. The molecule has 0 radical (unpaired) electrons. The van der Waals surface area contributed by atoms with Gasteiger partial charge in [0.1, 0.15) is 0 Å². The van der Waals surface area contributed by atoms with E-state index in [1.807, 2.05) is 78.9 Å². The quantitative estimate of drug-likeness (QED) is 0.120. The van der Waals surface area contributed by atoms with Gasteiger partial charge in [0.05, 0.1) is 0 Å². The Kier molecular flexibility index (Phi) is 13.0. The van der Waals surface area contributed by atoms with Gasteiger partial charge in [0.15, 0.2) is 0 Å². The normalized spacial score (nSPS) is 12.3. The third kappa shape index (κ3) is 10.6. The van der Waals surface area contributed by atoms with Crippen molar-refractivity contribution in [3.05, 3.63) is 155 Å². The first-order valence-corrected chi connectivity index (χ1v) is 19.0. The van der Waals surface area contributed by atoms with E-state index in [1.165, 1.54) is 60.1 Å². The molecule has 0 atom stereocenters. The number of alkyl halides is 6. The summed E-state index contributed by atoms with van der Waals surface area (Å²) >= 11 is 36.4. The molecule has 0 N–H and O–H groups in total. The summed E-state index contributed by atoms with van der Waals surface area (Å²) < 4.78 is -1.66. The Morgan fingerprint density at radius 2 is 0.833 bits per heavy atom. The fourth-order valence-electron chi connectivity index (χ4n) is 5.09. The molecule has 6 rings (SSSR count). The van der Waals surface area contributed by atoms with Gasteiger partial charge in [-0.05, 0) is 10.8 Å². The molecule has 0 aromatic heterocycles. The summed E-state index contributed by atoms with van der Waals surface area (Å²) in [7, 11) is 0. The number of benzene rings is 4. The Morgan fingerprint density at radius 3 is 1.10 bits per heavy atom. The van der Waals surface area contributed by atoms with Crippen LogP contribution in [0.1, 0.15) is 74.9 Å². The molecule has 0 aliphatic heterocycles. The maximum absolute atomic E-state index is 5.86. The topological polar surface area (TPSA) is 0 Å². The molecule has 48 heavy (non-hydrogen) atoms. The summed E-state index contributed by atoms with van der Waals surface area (Å²) in [6, 6.07) is 41.1. The summed E-state index contributed by atoms with van der Waals surface area (Å²) in [5.41, 5.74) is 6.62. The van der Waals surface area contributed by atoms with Gasteiger partial charge in [-0.1, -0.05) is 76.9 Å². The van der Waals surface area contributed by atoms with E-state index < -0.39 is 7.59 Å². The third-order valence-corrected chi connectivity index (χ3v) is 10.7. The van der Waals surface area contributed by atoms with Crippen LogP contribution in [-0.4, -0.2) is 3.21 Å². The third-order valence-electron chi connectivity index (χ3n) is 7.99. The van der Waals surface area contributed by atoms with Crippen LogP contribution in [0.15, 0.2) is 121 Å². The average Bonchev–Trinajstić information content (AvgIpc) is 3.71. The summed E-state index contributed by atoms with van der Waals surface area (Å²) in [4.78, 5) is 0. The Hall–Kier alpha value is -1.41. The van der Waals surface area contributed by atoms with Crippen molar-refractivity contribution < 1.29 is 24.2 Å². The van der Waals surface area contributed by atoms with E-state index in [-0.39, 0.29) is 10.8 Å². The van der Waals surface area contributed by atoms with Crippen molar-refractivity contribution in [2.75, 3.05) is 0 Å². The molecular weight excluding hydrogens is 796 g/mol. The van der Waals surface area contributed by atoms with Crippen molar-refractivity contribution in [2.24, 2.45) is 0 Å². The molecule has 6 aromatic carbocycles. The first kappa shape index (κ1) is 39.4. The van der Waals surface area contributed by atoms with Gasteiger partial charge in [0, 0.05) is 0 Å². The monoisotopic (exact) mass is 830 g/mol. The molecule has 0 bridgehead atoms. The second kappa shape index (κ2) is 15.9. The second-order valence-corrected chi connectivity index (χ2v) is 19.5. The van der Waals surface area contributed by atoms with E-state index in [9.17, 15) is 0 Å². The molecule has 0 unspecified atom stereocenters. The van der Waals surface area contributed by atoms with Crippen LogP contribution < -0.4 is 0 Å².